The third-order valence-corrected chi connectivity index (χ3v) is 6.15. The van der Waals surface area contributed by atoms with E-state index in [-0.39, 0.29) is 50.1 Å². The summed E-state index contributed by atoms with van der Waals surface area (Å²) >= 11 is 5.87. The molecule has 3 rings (SSSR count). The number of aliphatic hydroxyl groups excluding tert-OH is 2. The molecule has 31 heavy (non-hydrogen) atoms. The first-order valence-corrected chi connectivity index (χ1v) is 11.0. The van der Waals surface area contributed by atoms with Crippen molar-refractivity contribution in [1.29, 1.82) is 0 Å². The maximum Gasteiger partial charge on any atom is 0.305 e. The Morgan fingerprint density at radius 2 is 1.90 bits per heavy atom. The highest BCUT2D eigenvalue weighted by atomic mass is 35.5. The van der Waals surface area contributed by atoms with Gasteiger partial charge < -0.3 is 25.2 Å². The molecule has 0 bridgehead atoms. The molecule has 4 atom stereocenters. The number of halogens is 1. The van der Waals surface area contributed by atoms with E-state index < -0.39 is 24.1 Å². The van der Waals surface area contributed by atoms with Gasteiger partial charge in [-0.2, -0.15) is 0 Å². The summed E-state index contributed by atoms with van der Waals surface area (Å²) in [5, 5.41) is 24.0. The summed E-state index contributed by atoms with van der Waals surface area (Å²) in [6.07, 6.45) is -0.997. The smallest absolute Gasteiger partial charge is 0.305 e. The normalized spacial score (nSPS) is 27.6. The van der Waals surface area contributed by atoms with Crippen LogP contribution < -0.4 is 5.32 Å². The van der Waals surface area contributed by atoms with Crippen molar-refractivity contribution in [3.8, 4) is 0 Å². The maximum atomic E-state index is 13.2. The number of nitrogens with one attached hydrogen (secondary N) is 1. The topological polar surface area (TPSA) is 116 Å². The molecule has 2 heterocycles. The fraction of sp³-hybridized carbons (Fsp3) is 0.591. The number of benzene rings is 1. The Morgan fingerprint density at radius 3 is 2.65 bits per heavy atom. The molecule has 3 N–H and O–H groups in total. The van der Waals surface area contributed by atoms with Crippen molar-refractivity contribution in [3.63, 3.8) is 0 Å². The van der Waals surface area contributed by atoms with Gasteiger partial charge in [0.25, 0.3) is 0 Å². The second kappa shape index (κ2) is 10.9. The third-order valence-electron chi connectivity index (χ3n) is 5.90. The van der Waals surface area contributed by atoms with Gasteiger partial charge >= 0.3 is 5.97 Å². The quantitative estimate of drug-likeness (QED) is 0.595. The lowest BCUT2D eigenvalue weighted by Gasteiger charge is -2.31. The van der Waals surface area contributed by atoms with Crippen molar-refractivity contribution in [2.75, 3.05) is 13.2 Å². The number of hydrogen-bond acceptors (Lipinski definition) is 6. The number of nitrogens with zero attached hydrogens (tertiary/aromatic N) is 1. The molecule has 0 aliphatic carbocycles. The van der Waals surface area contributed by atoms with Crippen LogP contribution in [0.3, 0.4) is 0 Å². The van der Waals surface area contributed by atoms with Crippen molar-refractivity contribution < 1.29 is 29.3 Å². The monoisotopic (exact) mass is 452 g/mol. The number of aliphatic hydroxyl groups is 2. The number of rotatable bonds is 4. The fourth-order valence-electron chi connectivity index (χ4n) is 4.07. The van der Waals surface area contributed by atoms with Crippen LogP contribution >= 0.6 is 11.6 Å². The number of hydrogen-bond donors (Lipinski definition) is 3. The van der Waals surface area contributed by atoms with Crippen LogP contribution in [0.15, 0.2) is 24.3 Å². The summed E-state index contributed by atoms with van der Waals surface area (Å²) in [6, 6.07) is 6.85. The van der Waals surface area contributed by atoms with Crippen LogP contribution in [0.2, 0.25) is 5.02 Å². The first-order chi connectivity index (χ1) is 14.8. The molecule has 170 valence electrons. The SMILES string of the molecule is O=C(C[C@@H]1C[C@H](O)[C@@H](O)CCC(=O)OC[C@@H]2CCCN2C1=O)NCc1ccc(Cl)cc1. The van der Waals surface area contributed by atoms with Crippen molar-refractivity contribution in [3.05, 3.63) is 34.9 Å². The lowest BCUT2D eigenvalue weighted by molar-refractivity contribution is -0.151. The summed E-state index contributed by atoms with van der Waals surface area (Å²) in [5.74, 6) is -1.80. The number of carbonyl (C=O) groups is 3. The average molecular weight is 453 g/mol. The van der Waals surface area contributed by atoms with Crippen LogP contribution in [-0.2, 0) is 25.7 Å². The molecule has 0 aromatic heterocycles. The second-order valence-corrected chi connectivity index (χ2v) is 8.66. The van der Waals surface area contributed by atoms with Gasteiger partial charge in [0.15, 0.2) is 0 Å². The Hall–Kier alpha value is -2.16. The number of ether oxygens (including phenoxy) is 1. The molecule has 2 saturated heterocycles. The predicted octanol–water partition coefficient (Wildman–Crippen LogP) is 1.40. The highest BCUT2D eigenvalue weighted by molar-refractivity contribution is 6.30. The number of carbonyl (C=O) groups excluding carboxylic acids is 3. The molecular weight excluding hydrogens is 424 g/mol. The molecule has 1 aromatic rings. The summed E-state index contributed by atoms with van der Waals surface area (Å²) in [7, 11) is 0. The fourth-order valence-corrected chi connectivity index (χ4v) is 4.20. The number of esters is 1. The summed E-state index contributed by atoms with van der Waals surface area (Å²) in [6.45, 7) is 0.922. The van der Waals surface area contributed by atoms with Gasteiger partial charge in [-0.25, -0.2) is 0 Å². The van der Waals surface area contributed by atoms with E-state index in [9.17, 15) is 24.6 Å². The molecule has 1 aromatic carbocycles. The summed E-state index contributed by atoms with van der Waals surface area (Å²) < 4.78 is 5.26. The summed E-state index contributed by atoms with van der Waals surface area (Å²) in [5.41, 5.74) is 0.875. The Kier molecular flexibility index (Phi) is 8.28. The van der Waals surface area contributed by atoms with Crippen LogP contribution in [0.1, 0.15) is 44.1 Å². The van der Waals surface area contributed by atoms with Gasteiger partial charge in [0.1, 0.15) is 6.61 Å². The molecule has 0 radical (unpaired) electrons. The lowest BCUT2D eigenvalue weighted by Crippen LogP contribution is -2.45. The molecule has 8 nitrogen and oxygen atoms in total. The van der Waals surface area contributed by atoms with Gasteiger partial charge in [-0.3, -0.25) is 14.4 Å². The Bertz CT molecular complexity index is 787. The Balaban J connectivity index is 1.68. The van der Waals surface area contributed by atoms with Crippen molar-refractivity contribution in [2.24, 2.45) is 5.92 Å². The predicted molar refractivity (Wildman–Crippen MR) is 113 cm³/mol. The zero-order valence-electron chi connectivity index (χ0n) is 17.3. The molecule has 0 spiro atoms. The maximum absolute atomic E-state index is 13.2. The van der Waals surface area contributed by atoms with Gasteiger partial charge in [0.2, 0.25) is 11.8 Å². The largest absolute Gasteiger partial charge is 0.463 e. The van der Waals surface area contributed by atoms with Crippen molar-refractivity contribution in [2.45, 2.75) is 63.3 Å². The number of cyclic esters (lactones) is 1. The van der Waals surface area contributed by atoms with Gasteiger partial charge in [0.05, 0.1) is 18.2 Å². The highest BCUT2D eigenvalue weighted by Crippen LogP contribution is 2.26. The third kappa shape index (κ3) is 6.66. The van der Waals surface area contributed by atoms with E-state index in [2.05, 4.69) is 5.32 Å². The van der Waals surface area contributed by atoms with Gasteiger partial charge in [-0.1, -0.05) is 23.7 Å². The zero-order chi connectivity index (χ0) is 22.4. The van der Waals surface area contributed by atoms with E-state index in [0.717, 1.165) is 18.4 Å². The zero-order valence-corrected chi connectivity index (χ0v) is 18.1. The average Bonchev–Trinajstić information content (AvgIpc) is 3.22. The Labute approximate surface area is 186 Å². The van der Waals surface area contributed by atoms with Gasteiger partial charge in [-0.15, -0.1) is 0 Å². The van der Waals surface area contributed by atoms with Gasteiger partial charge in [0, 0.05) is 36.9 Å². The van der Waals surface area contributed by atoms with Crippen molar-refractivity contribution >= 4 is 29.4 Å². The minimum absolute atomic E-state index is 0.00879. The minimum Gasteiger partial charge on any atom is -0.463 e. The molecule has 2 amide bonds. The number of amides is 2. The molecule has 2 fully saturated rings. The molecule has 2 aliphatic heterocycles. The molecule has 9 heteroatoms. The first kappa shape index (κ1) is 23.5. The summed E-state index contributed by atoms with van der Waals surface area (Å²) in [4.78, 5) is 39.3. The molecule has 2 aliphatic rings. The molecular formula is C22H29ClN2O6. The van der Waals surface area contributed by atoms with Gasteiger partial charge in [-0.05, 0) is 43.4 Å². The minimum atomic E-state index is -1.22. The first-order valence-electron chi connectivity index (χ1n) is 10.7. The lowest BCUT2D eigenvalue weighted by atomic mass is 9.91. The standard InChI is InChI=1S/C22H29ClN2O6/c23-16-5-3-14(4-6-16)12-24-20(28)11-15-10-19(27)18(26)7-8-21(29)31-13-17-2-1-9-25(17)22(15)30/h3-6,15,17-19,26-27H,1-2,7-13H2,(H,24,28)/t15-,17-,18-,19-/m0/s1. The van der Waals surface area contributed by atoms with Crippen LogP contribution in [0, 0.1) is 5.92 Å². The van der Waals surface area contributed by atoms with E-state index in [1.807, 2.05) is 0 Å². The van der Waals surface area contributed by atoms with E-state index in [4.69, 9.17) is 16.3 Å². The van der Waals surface area contributed by atoms with Crippen LogP contribution in [0.5, 0.6) is 0 Å². The van der Waals surface area contributed by atoms with Crippen LogP contribution in [0.4, 0.5) is 0 Å². The van der Waals surface area contributed by atoms with Crippen LogP contribution in [0.25, 0.3) is 0 Å². The Morgan fingerprint density at radius 1 is 1.16 bits per heavy atom. The second-order valence-electron chi connectivity index (χ2n) is 8.22. The number of fused-ring (bicyclic) bond motifs is 1. The van der Waals surface area contributed by atoms with E-state index in [1.165, 1.54) is 0 Å². The van der Waals surface area contributed by atoms with Crippen molar-refractivity contribution in [1.82, 2.24) is 10.2 Å². The van der Waals surface area contributed by atoms with E-state index in [0.29, 0.717) is 18.1 Å². The highest BCUT2D eigenvalue weighted by Gasteiger charge is 2.37. The van der Waals surface area contributed by atoms with Crippen LogP contribution in [-0.4, -0.2) is 64.3 Å². The van der Waals surface area contributed by atoms with E-state index in [1.54, 1.807) is 29.2 Å². The molecule has 0 unspecified atom stereocenters. The van der Waals surface area contributed by atoms with E-state index >= 15 is 0 Å². The molecule has 0 saturated carbocycles.